The fourth-order valence-electron chi connectivity index (χ4n) is 5.54. The van der Waals surface area contributed by atoms with Crippen molar-refractivity contribution in [3.05, 3.63) is 83.2 Å². The van der Waals surface area contributed by atoms with E-state index in [0.29, 0.717) is 35.0 Å². The molecule has 3 aromatic rings. The SMILES string of the molecule is CC(C)C(=O)N[C@H]1CCC([C@@H]2CCN=C(c3ccc(Oc4cccc(F)c4)cc3F)c3c(N)ccnc32)C1. The molecule has 1 aliphatic heterocycles. The third kappa shape index (κ3) is 5.39. The zero-order valence-corrected chi connectivity index (χ0v) is 21.6. The number of carbonyl (C=O) groups excluding carboxylic acids is 1. The Bertz CT molecular complexity index is 1370. The van der Waals surface area contributed by atoms with Crippen LogP contribution in [-0.2, 0) is 4.79 Å². The van der Waals surface area contributed by atoms with E-state index in [1.807, 2.05) is 13.8 Å². The number of hydrogen-bond donors (Lipinski definition) is 2. The van der Waals surface area contributed by atoms with Gasteiger partial charge in [-0.05, 0) is 61.9 Å². The maximum atomic E-state index is 15.5. The summed E-state index contributed by atoms with van der Waals surface area (Å²) in [6, 6.07) is 12.1. The van der Waals surface area contributed by atoms with Gasteiger partial charge >= 0.3 is 0 Å². The molecule has 0 saturated heterocycles. The van der Waals surface area contributed by atoms with Crippen molar-refractivity contribution in [1.29, 1.82) is 0 Å². The van der Waals surface area contributed by atoms with Gasteiger partial charge in [-0.25, -0.2) is 8.78 Å². The molecule has 3 atom stereocenters. The lowest BCUT2D eigenvalue weighted by atomic mass is 9.82. The van der Waals surface area contributed by atoms with Crippen molar-refractivity contribution < 1.29 is 18.3 Å². The first-order valence-corrected chi connectivity index (χ1v) is 13.1. The highest BCUT2D eigenvalue weighted by Gasteiger charge is 2.36. The number of pyridine rings is 1. The van der Waals surface area contributed by atoms with E-state index in [4.69, 9.17) is 20.4 Å². The fourth-order valence-corrected chi connectivity index (χ4v) is 5.54. The van der Waals surface area contributed by atoms with E-state index in [1.54, 1.807) is 30.5 Å². The summed E-state index contributed by atoms with van der Waals surface area (Å²) in [5.74, 6) is 0.0426. The van der Waals surface area contributed by atoms with Crippen molar-refractivity contribution in [1.82, 2.24) is 10.3 Å². The number of nitrogen functional groups attached to an aromatic ring is 1. The standard InChI is InChI=1S/C30H32F2N4O2/c1-17(2)30(37)36-20-7-6-18(14-20)23-10-12-34-29(27-26(33)11-13-35-28(23)27)24-9-8-22(16-25(24)32)38-21-5-3-4-19(31)15-21/h3-5,8-9,11,13,15-18,20,23H,6-7,10,12,14H2,1-2H3,(H2,33,35)(H,36,37)/t18?,20-,23-/m0/s1. The van der Waals surface area contributed by atoms with E-state index in [0.717, 1.165) is 31.4 Å². The summed E-state index contributed by atoms with van der Waals surface area (Å²) in [5, 5.41) is 3.17. The first-order chi connectivity index (χ1) is 18.3. The second-order valence-corrected chi connectivity index (χ2v) is 10.4. The quantitative estimate of drug-likeness (QED) is 0.419. The Morgan fingerprint density at radius 3 is 2.66 bits per heavy atom. The lowest BCUT2D eigenvalue weighted by Crippen LogP contribution is -2.36. The Kier molecular flexibility index (Phi) is 7.40. The third-order valence-corrected chi connectivity index (χ3v) is 7.45. The van der Waals surface area contributed by atoms with Crippen LogP contribution in [0, 0.1) is 23.5 Å². The van der Waals surface area contributed by atoms with Crippen molar-refractivity contribution in [3.8, 4) is 11.5 Å². The van der Waals surface area contributed by atoms with Crippen LogP contribution in [0.2, 0.25) is 0 Å². The predicted molar refractivity (Wildman–Crippen MR) is 143 cm³/mol. The maximum absolute atomic E-state index is 15.5. The number of benzene rings is 2. The van der Waals surface area contributed by atoms with Crippen molar-refractivity contribution in [2.24, 2.45) is 16.8 Å². The second kappa shape index (κ2) is 10.9. The molecule has 2 aliphatic rings. The molecule has 3 N–H and O–H groups in total. The number of hydrogen-bond acceptors (Lipinski definition) is 5. The number of nitrogens with two attached hydrogens (primary N) is 1. The van der Waals surface area contributed by atoms with Crippen molar-refractivity contribution in [2.45, 2.75) is 51.5 Å². The van der Waals surface area contributed by atoms with Gasteiger partial charge in [0.05, 0.1) is 11.4 Å². The number of halogens is 2. The summed E-state index contributed by atoms with van der Waals surface area (Å²) >= 11 is 0. The zero-order valence-electron chi connectivity index (χ0n) is 21.6. The van der Waals surface area contributed by atoms with E-state index in [2.05, 4.69) is 5.32 Å². The van der Waals surface area contributed by atoms with Crippen LogP contribution in [0.4, 0.5) is 14.5 Å². The van der Waals surface area contributed by atoms with Gasteiger partial charge in [-0.15, -0.1) is 0 Å². The van der Waals surface area contributed by atoms with Crippen LogP contribution in [0.25, 0.3) is 0 Å². The molecule has 8 heteroatoms. The zero-order chi connectivity index (χ0) is 26.8. The molecule has 1 amide bonds. The van der Waals surface area contributed by atoms with Crippen LogP contribution < -0.4 is 15.8 Å². The number of ether oxygens (including phenoxy) is 1. The summed E-state index contributed by atoms with van der Waals surface area (Å²) in [5.41, 5.74) is 9.26. The average Bonchev–Trinajstić information content (AvgIpc) is 3.24. The third-order valence-electron chi connectivity index (χ3n) is 7.45. The van der Waals surface area contributed by atoms with Crippen LogP contribution in [-0.4, -0.2) is 29.2 Å². The number of anilines is 1. The Morgan fingerprint density at radius 1 is 1.08 bits per heavy atom. The number of carbonyl (C=O) groups is 1. The summed E-state index contributed by atoms with van der Waals surface area (Å²) in [6.07, 6.45) is 5.23. The number of nitrogens with zero attached hydrogens (tertiary/aromatic N) is 2. The lowest BCUT2D eigenvalue weighted by Gasteiger charge is -2.24. The number of rotatable bonds is 6. The predicted octanol–water partition coefficient (Wildman–Crippen LogP) is 6.00. The molecule has 0 spiro atoms. The monoisotopic (exact) mass is 518 g/mol. The van der Waals surface area contributed by atoms with Crippen LogP contribution in [0.15, 0.2) is 59.7 Å². The minimum Gasteiger partial charge on any atom is -0.457 e. The Labute approximate surface area is 221 Å². The molecule has 1 saturated carbocycles. The summed E-state index contributed by atoms with van der Waals surface area (Å²) in [4.78, 5) is 21.8. The Balaban J connectivity index is 1.41. The van der Waals surface area contributed by atoms with Gasteiger partial charge in [-0.3, -0.25) is 14.8 Å². The minimum atomic E-state index is -0.511. The molecule has 5 rings (SSSR count). The fraction of sp³-hybridized carbons (Fsp3) is 0.367. The number of nitrogens with one attached hydrogen (secondary N) is 1. The van der Waals surface area contributed by atoms with Gasteiger partial charge in [-0.1, -0.05) is 19.9 Å². The highest BCUT2D eigenvalue weighted by Crippen LogP contribution is 2.43. The van der Waals surface area contributed by atoms with E-state index in [1.165, 1.54) is 24.3 Å². The van der Waals surface area contributed by atoms with Crippen molar-refractivity contribution in [3.63, 3.8) is 0 Å². The van der Waals surface area contributed by atoms with E-state index in [-0.39, 0.29) is 35.3 Å². The molecule has 6 nitrogen and oxygen atoms in total. The molecule has 1 unspecified atom stereocenters. The molecule has 38 heavy (non-hydrogen) atoms. The van der Waals surface area contributed by atoms with Crippen LogP contribution in [0.3, 0.4) is 0 Å². The van der Waals surface area contributed by atoms with Gasteiger partial charge in [0.2, 0.25) is 5.91 Å². The highest BCUT2D eigenvalue weighted by atomic mass is 19.1. The van der Waals surface area contributed by atoms with E-state index >= 15 is 4.39 Å². The topological polar surface area (TPSA) is 89.6 Å². The molecule has 1 aromatic heterocycles. The summed E-state index contributed by atoms with van der Waals surface area (Å²) in [7, 11) is 0. The van der Waals surface area contributed by atoms with Gasteiger partial charge in [0.1, 0.15) is 23.1 Å². The summed E-state index contributed by atoms with van der Waals surface area (Å²) < 4.78 is 34.6. The minimum absolute atomic E-state index is 0.0503. The molecule has 0 radical (unpaired) electrons. The molecule has 0 bridgehead atoms. The van der Waals surface area contributed by atoms with Gasteiger partial charge in [0.15, 0.2) is 0 Å². The first kappa shape index (κ1) is 25.8. The largest absolute Gasteiger partial charge is 0.457 e. The molecule has 1 aliphatic carbocycles. The molecule has 2 aromatic carbocycles. The summed E-state index contributed by atoms with van der Waals surface area (Å²) in [6.45, 7) is 4.30. The van der Waals surface area contributed by atoms with Crippen LogP contribution >= 0.6 is 0 Å². The van der Waals surface area contributed by atoms with Crippen LogP contribution in [0.5, 0.6) is 11.5 Å². The van der Waals surface area contributed by atoms with Gasteiger partial charge < -0.3 is 15.8 Å². The number of fused-ring (bicyclic) bond motifs is 1. The van der Waals surface area contributed by atoms with Crippen LogP contribution in [0.1, 0.15) is 62.3 Å². The Hall–Kier alpha value is -3.81. The van der Waals surface area contributed by atoms with Gasteiger partial charge in [0, 0.05) is 59.6 Å². The normalized spacial score (nSPS) is 21.0. The molecule has 198 valence electrons. The van der Waals surface area contributed by atoms with Crippen molar-refractivity contribution in [2.75, 3.05) is 12.3 Å². The van der Waals surface area contributed by atoms with Crippen molar-refractivity contribution >= 4 is 17.3 Å². The molecular formula is C30H32F2N4O2. The number of amides is 1. The Morgan fingerprint density at radius 2 is 1.89 bits per heavy atom. The highest BCUT2D eigenvalue weighted by molar-refractivity contribution is 6.16. The number of aromatic nitrogens is 1. The van der Waals surface area contributed by atoms with Gasteiger partial charge in [0.25, 0.3) is 0 Å². The molecule has 2 heterocycles. The van der Waals surface area contributed by atoms with Gasteiger partial charge in [-0.2, -0.15) is 0 Å². The number of aliphatic imine (C=N–C) groups is 1. The second-order valence-electron chi connectivity index (χ2n) is 10.4. The van der Waals surface area contributed by atoms with E-state index < -0.39 is 11.6 Å². The van der Waals surface area contributed by atoms with E-state index in [9.17, 15) is 9.18 Å². The maximum Gasteiger partial charge on any atom is 0.222 e. The molecular weight excluding hydrogens is 486 g/mol. The average molecular weight is 519 g/mol. The lowest BCUT2D eigenvalue weighted by molar-refractivity contribution is -0.124. The molecule has 1 fully saturated rings. The smallest absolute Gasteiger partial charge is 0.222 e. The first-order valence-electron chi connectivity index (χ1n) is 13.1.